The lowest BCUT2D eigenvalue weighted by atomic mass is 10.1. The zero-order valence-corrected chi connectivity index (χ0v) is 23.4. The van der Waals surface area contributed by atoms with E-state index in [0.29, 0.717) is 0 Å². The van der Waals surface area contributed by atoms with Crippen LogP contribution >= 0.6 is 39.1 Å². The molecule has 0 bridgehead atoms. The van der Waals surface area contributed by atoms with Gasteiger partial charge in [-0.1, -0.05) is 69.5 Å². The maximum atomic E-state index is 13.7. The predicted molar refractivity (Wildman–Crippen MR) is 146 cm³/mol. The molecular formula is C25H24BrCl2N3O4S. The molecular weight excluding hydrogens is 589 g/mol. The molecule has 3 aromatic rings. The molecule has 0 fully saturated rings. The number of hydrogen-bond donors (Lipinski definition) is 1. The van der Waals surface area contributed by atoms with Crippen molar-refractivity contribution in [2.75, 3.05) is 17.9 Å². The van der Waals surface area contributed by atoms with E-state index in [1.807, 2.05) is 24.3 Å². The molecule has 0 aliphatic heterocycles. The van der Waals surface area contributed by atoms with Gasteiger partial charge in [-0.2, -0.15) is 0 Å². The molecule has 11 heteroatoms. The summed E-state index contributed by atoms with van der Waals surface area (Å²) in [7, 11) is -2.71. The smallest absolute Gasteiger partial charge is 0.264 e. The van der Waals surface area contributed by atoms with Crippen molar-refractivity contribution in [3.8, 4) is 0 Å². The van der Waals surface area contributed by atoms with Gasteiger partial charge in [0.15, 0.2) is 0 Å². The van der Waals surface area contributed by atoms with Crippen LogP contribution in [0.1, 0.15) is 12.5 Å². The highest BCUT2D eigenvalue weighted by Gasteiger charge is 2.32. The summed E-state index contributed by atoms with van der Waals surface area (Å²) in [6, 6.07) is 18.5. The molecule has 2 amide bonds. The monoisotopic (exact) mass is 611 g/mol. The van der Waals surface area contributed by atoms with Crippen LogP contribution in [0.5, 0.6) is 0 Å². The number of carbonyl (C=O) groups is 2. The molecule has 0 saturated heterocycles. The van der Waals surface area contributed by atoms with Gasteiger partial charge >= 0.3 is 0 Å². The lowest BCUT2D eigenvalue weighted by Gasteiger charge is -2.32. The third-order valence-corrected chi connectivity index (χ3v) is 8.12. The summed E-state index contributed by atoms with van der Waals surface area (Å²) in [6.07, 6.45) is 0. The lowest BCUT2D eigenvalue weighted by molar-refractivity contribution is -0.139. The average molecular weight is 613 g/mol. The van der Waals surface area contributed by atoms with Crippen molar-refractivity contribution in [1.82, 2.24) is 10.2 Å². The van der Waals surface area contributed by atoms with Crippen molar-refractivity contribution in [3.63, 3.8) is 0 Å². The summed E-state index contributed by atoms with van der Waals surface area (Å²) in [6.45, 7) is 1.09. The molecule has 3 rings (SSSR count). The molecule has 1 unspecified atom stereocenters. The number of anilines is 1. The van der Waals surface area contributed by atoms with Gasteiger partial charge < -0.3 is 10.2 Å². The molecule has 7 nitrogen and oxygen atoms in total. The highest BCUT2D eigenvalue weighted by atomic mass is 79.9. The molecule has 0 aliphatic rings. The normalized spacial score (nSPS) is 12.0. The van der Waals surface area contributed by atoms with E-state index in [1.165, 1.54) is 42.3 Å². The Morgan fingerprint density at radius 2 is 1.61 bits per heavy atom. The highest BCUT2D eigenvalue weighted by Crippen LogP contribution is 2.30. The Kier molecular flexibility index (Phi) is 9.41. The Bertz CT molecular complexity index is 1340. The molecule has 1 N–H and O–H groups in total. The molecule has 190 valence electrons. The van der Waals surface area contributed by atoms with Crippen LogP contribution in [0.4, 0.5) is 5.69 Å². The number of sulfonamides is 1. The SMILES string of the molecule is CNC(=O)C(C)N(Cc1cccc(Br)c1)C(=O)CN(c1cc(Cl)cc(Cl)c1)S(=O)(=O)c1ccccc1. The van der Waals surface area contributed by atoms with Gasteiger partial charge in [-0.3, -0.25) is 13.9 Å². The van der Waals surface area contributed by atoms with Gasteiger partial charge in [-0.05, 0) is 55.0 Å². The van der Waals surface area contributed by atoms with Crippen LogP contribution in [-0.4, -0.2) is 44.8 Å². The standard InChI is InChI=1S/C25H24BrCl2N3O4S/c1-17(25(33)29-2)30(15-18-7-6-8-19(26)11-18)24(32)16-31(22-13-20(27)12-21(28)14-22)36(34,35)23-9-4-3-5-10-23/h3-14,17H,15-16H2,1-2H3,(H,29,33). The molecule has 0 spiro atoms. The third-order valence-electron chi connectivity index (χ3n) is 5.40. The summed E-state index contributed by atoms with van der Waals surface area (Å²) >= 11 is 15.7. The highest BCUT2D eigenvalue weighted by molar-refractivity contribution is 9.10. The second-order valence-corrected chi connectivity index (χ2v) is 11.5. The third kappa shape index (κ3) is 6.79. The van der Waals surface area contributed by atoms with Gasteiger partial charge in [0.25, 0.3) is 10.0 Å². The first-order chi connectivity index (χ1) is 17.0. The van der Waals surface area contributed by atoms with E-state index in [0.717, 1.165) is 14.3 Å². The molecule has 0 heterocycles. The Hall–Kier alpha value is -2.59. The number of carbonyl (C=O) groups excluding carboxylic acids is 2. The number of rotatable bonds is 9. The van der Waals surface area contributed by atoms with Gasteiger partial charge in [-0.25, -0.2) is 8.42 Å². The summed E-state index contributed by atoms with van der Waals surface area (Å²) in [5.74, 6) is -0.969. The fourth-order valence-electron chi connectivity index (χ4n) is 3.56. The molecule has 0 radical (unpaired) electrons. The average Bonchev–Trinajstić information content (AvgIpc) is 2.84. The largest absolute Gasteiger partial charge is 0.357 e. The fourth-order valence-corrected chi connectivity index (χ4v) is 5.94. The second-order valence-electron chi connectivity index (χ2n) is 7.89. The van der Waals surface area contributed by atoms with Gasteiger partial charge in [0, 0.05) is 28.1 Å². The van der Waals surface area contributed by atoms with E-state index in [4.69, 9.17) is 23.2 Å². The first kappa shape index (κ1) is 28.0. The molecule has 36 heavy (non-hydrogen) atoms. The van der Waals surface area contributed by atoms with Crippen LogP contribution in [0, 0.1) is 0 Å². The van der Waals surface area contributed by atoms with E-state index < -0.39 is 28.5 Å². The number of likely N-dealkylation sites (N-methyl/N-ethyl adjacent to an activating group) is 1. The fraction of sp³-hybridized carbons (Fsp3) is 0.200. The van der Waals surface area contributed by atoms with Gasteiger partial charge in [0.05, 0.1) is 10.6 Å². The van der Waals surface area contributed by atoms with Crippen molar-refractivity contribution >= 4 is 66.7 Å². The molecule has 0 saturated carbocycles. The zero-order chi connectivity index (χ0) is 26.5. The Balaban J connectivity index is 2.06. The van der Waals surface area contributed by atoms with Crippen molar-refractivity contribution in [1.29, 1.82) is 0 Å². The number of amides is 2. The quantitative estimate of drug-likeness (QED) is 0.364. The topological polar surface area (TPSA) is 86.8 Å². The minimum Gasteiger partial charge on any atom is -0.357 e. The minimum atomic E-state index is -4.19. The van der Waals surface area contributed by atoms with Gasteiger partial charge in [0.2, 0.25) is 11.8 Å². The zero-order valence-electron chi connectivity index (χ0n) is 19.5. The van der Waals surface area contributed by atoms with Crippen LogP contribution in [-0.2, 0) is 26.2 Å². The summed E-state index contributed by atoms with van der Waals surface area (Å²) in [5, 5.41) is 2.97. The van der Waals surface area contributed by atoms with Crippen LogP contribution in [0.2, 0.25) is 10.0 Å². The van der Waals surface area contributed by atoms with Crippen LogP contribution in [0.25, 0.3) is 0 Å². The second kappa shape index (κ2) is 12.1. The number of halogens is 3. The van der Waals surface area contributed by atoms with E-state index in [1.54, 1.807) is 25.1 Å². The number of nitrogens with one attached hydrogen (secondary N) is 1. The number of nitrogens with zero attached hydrogens (tertiary/aromatic N) is 2. The van der Waals surface area contributed by atoms with E-state index in [9.17, 15) is 18.0 Å². The Morgan fingerprint density at radius 1 is 0.972 bits per heavy atom. The molecule has 0 aliphatic carbocycles. The maximum absolute atomic E-state index is 13.7. The van der Waals surface area contributed by atoms with Crippen LogP contribution in [0.3, 0.4) is 0 Å². The summed E-state index contributed by atoms with van der Waals surface area (Å²) in [4.78, 5) is 27.5. The molecule has 3 aromatic carbocycles. The molecule has 1 atom stereocenters. The Morgan fingerprint density at radius 3 is 2.19 bits per heavy atom. The van der Waals surface area contributed by atoms with E-state index in [-0.39, 0.29) is 33.1 Å². The van der Waals surface area contributed by atoms with Gasteiger partial charge in [-0.15, -0.1) is 0 Å². The van der Waals surface area contributed by atoms with E-state index in [2.05, 4.69) is 21.2 Å². The molecule has 0 aromatic heterocycles. The maximum Gasteiger partial charge on any atom is 0.264 e. The van der Waals surface area contributed by atoms with Gasteiger partial charge in [0.1, 0.15) is 12.6 Å². The Labute approximate surface area is 229 Å². The first-order valence-electron chi connectivity index (χ1n) is 10.8. The number of benzene rings is 3. The predicted octanol–water partition coefficient (Wildman–Crippen LogP) is 5.11. The summed E-state index contributed by atoms with van der Waals surface area (Å²) < 4.78 is 29.1. The van der Waals surface area contributed by atoms with E-state index >= 15 is 0 Å². The lowest BCUT2D eigenvalue weighted by Crippen LogP contribution is -2.50. The first-order valence-corrected chi connectivity index (χ1v) is 13.8. The van der Waals surface area contributed by atoms with Crippen molar-refractivity contribution < 1.29 is 18.0 Å². The minimum absolute atomic E-state index is 0.00760. The number of hydrogen-bond acceptors (Lipinski definition) is 4. The summed E-state index contributed by atoms with van der Waals surface area (Å²) in [5.41, 5.74) is 0.886. The van der Waals surface area contributed by atoms with Crippen molar-refractivity contribution in [2.45, 2.75) is 24.4 Å². The van der Waals surface area contributed by atoms with Crippen molar-refractivity contribution in [3.05, 3.63) is 92.9 Å². The van der Waals surface area contributed by atoms with Crippen LogP contribution in [0.15, 0.2) is 82.2 Å². The van der Waals surface area contributed by atoms with Crippen LogP contribution < -0.4 is 9.62 Å². The van der Waals surface area contributed by atoms with Crippen molar-refractivity contribution in [2.24, 2.45) is 0 Å².